The third kappa shape index (κ3) is 4.59. The van der Waals surface area contributed by atoms with Gasteiger partial charge in [0.1, 0.15) is 12.6 Å². The van der Waals surface area contributed by atoms with Crippen LogP contribution in [0.5, 0.6) is 0 Å². The molecule has 0 aromatic rings. The summed E-state index contributed by atoms with van der Waals surface area (Å²) in [6.45, 7) is 3.16. The molecule has 92 valence electrons. The number of carboxylic acid groups (broad SMARTS) is 1. The van der Waals surface area contributed by atoms with Crippen LogP contribution in [0.25, 0.3) is 0 Å². The van der Waals surface area contributed by atoms with Crippen molar-refractivity contribution >= 4 is 11.9 Å². The Balaban J connectivity index is 2.16. The monoisotopic (exact) mass is 230 g/mol. The van der Waals surface area contributed by atoms with E-state index >= 15 is 0 Å². The fourth-order valence-corrected chi connectivity index (χ4v) is 1.50. The van der Waals surface area contributed by atoms with E-state index in [1.54, 1.807) is 0 Å². The average molecular weight is 230 g/mol. The lowest BCUT2D eigenvalue weighted by Gasteiger charge is -2.22. The third-order valence-corrected chi connectivity index (χ3v) is 2.48. The third-order valence-electron chi connectivity index (χ3n) is 2.48. The quantitative estimate of drug-likeness (QED) is 0.584. The molecule has 6 nitrogen and oxygen atoms in total. The average Bonchev–Trinajstić information content (AvgIpc) is 2.27. The molecule has 1 heterocycles. The standard InChI is InChI=1S/C10H18N2O4/c1-7(10(14)15)12-9(13)6-16-8-2-4-11-5-3-8/h7-8,11H,2-6H2,1H3,(H,12,13)(H,14,15)/t7-/m0/s1. The number of carbonyl (C=O) groups is 2. The fraction of sp³-hybridized carbons (Fsp3) is 0.800. The Morgan fingerprint density at radius 3 is 2.69 bits per heavy atom. The first-order valence-corrected chi connectivity index (χ1v) is 5.44. The van der Waals surface area contributed by atoms with E-state index in [0.717, 1.165) is 25.9 Å². The van der Waals surface area contributed by atoms with Gasteiger partial charge in [0.05, 0.1) is 6.10 Å². The summed E-state index contributed by atoms with van der Waals surface area (Å²) in [5.74, 6) is -1.43. The minimum absolute atomic E-state index is 0.0672. The first-order chi connectivity index (χ1) is 7.59. The molecule has 3 N–H and O–H groups in total. The Hall–Kier alpha value is -1.14. The molecule has 0 saturated carbocycles. The second-order valence-electron chi connectivity index (χ2n) is 3.89. The van der Waals surface area contributed by atoms with Crippen molar-refractivity contribution < 1.29 is 19.4 Å². The van der Waals surface area contributed by atoms with Crippen LogP contribution in [-0.2, 0) is 14.3 Å². The minimum Gasteiger partial charge on any atom is -0.480 e. The highest BCUT2D eigenvalue weighted by Gasteiger charge is 2.17. The zero-order valence-corrected chi connectivity index (χ0v) is 9.36. The molecule has 1 saturated heterocycles. The van der Waals surface area contributed by atoms with E-state index in [1.165, 1.54) is 6.92 Å². The van der Waals surface area contributed by atoms with E-state index in [2.05, 4.69) is 10.6 Å². The van der Waals surface area contributed by atoms with Crippen molar-refractivity contribution in [2.24, 2.45) is 0 Å². The van der Waals surface area contributed by atoms with Crippen molar-refractivity contribution in [3.63, 3.8) is 0 Å². The highest BCUT2D eigenvalue weighted by Crippen LogP contribution is 2.06. The van der Waals surface area contributed by atoms with Crippen LogP contribution in [0.4, 0.5) is 0 Å². The van der Waals surface area contributed by atoms with Gasteiger partial charge in [0, 0.05) is 0 Å². The summed E-state index contributed by atoms with van der Waals surface area (Å²) in [5.41, 5.74) is 0. The van der Waals surface area contributed by atoms with Crippen LogP contribution in [0.1, 0.15) is 19.8 Å². The van der Waals surface area contributed by atoms with E-state index < -0.39 is 12.0 Å². The van der Waals surface area contributed by atoms with Gasteiger partial charge < -0.3 is 20.5 Å². The highest BCUT2D eigenvalue weighted by atomic mass is 16.5. The molecule has 0 aromatic heterocycles. The number of hydrogen-bond acceptors (Lipinski definition) is 4. The van der Waals surface area contributed by atoms with E-state index in [4.69, 9.17) is 9.84 Å². The van der Waals surface area contributed by atoms with Crippen LogP contribution in [0, 0.1) is 0 Å². The van der Waals surface area contributed by atoms with Crippen LogP contribution < -0.4 is 10.6 Å². The lowest BCUT2D eigenvalue weighted by Crippen LogP contribution is -2.41. The van der Waals surface area contributed by atoms with Gasteiger partial charge >= 0.3 is 5.97 Å². The number of carboxylic acids is 1. The number of nitrogens with one attached hydrogen (secondary N) is 2. The zero-order chi connectivity index (χ0) is 12.0. The molecule has 1 fully saturated rings. The molecule has 1 atom stereocenters. The van der Waals surface area contributed by atoms with Crippen LogP contribution >= 0.6 is 0 Å². The number of piperidine rings is 1. The minimum atomic E-state index is -1.05. The molecule has 0 radical (unpaired) electrons. The molecule has 0 unspecified atom stereocenters. The van der Waals surface area contributed by atoms with Crippen molar-refractivity contribution in [2.45, 2.75) is 31.9 Å². The largest absolute Gasteiger partial charge is 0.480 e. The lowest BCUT2D eigenvalue weighted by atomic mass is 10.1. The van der Waals surface area contributed by atoms with Crippen molar-refractivity contribution in [1.82, 2.24) is 10.6 Å². The normalized spacial score (nSPS) is 19.1. The van der Waals surface area contributed by atoms with Crippen molar-refractivity contribution in [3.8, 4) is 0 Å². The smallest absolute Gasteiger partial charge is 0.325 e. The fourth-order valence-electron chi connectivity index (χ4n) is 1.50. The number of hydrogen-bond donors (Lipinski definition) is 3. The molecule has 1 aliphatic heterocycles. The molecule has 16 heavy (non-hydrogen) atoms. The molecular formula is C10H18N2O4. The number of aliphatic carboxylic acids is 1. The maximum absolute atomic E-state index is 11.3. The van der Waals surface area contributed by atoms with Gasteiger partial charge in [-0.25, -0.2) is 0 Å². The summed E-state index contributed by atoms with van der Waals surface area (Å²) in [7, 11) is 0. The summed E-state index contributed by atoms with van der Waals surface area (Å²) in [6, 6.07) is -0.871. The van der Waals surface area contributed by atoms with E-state index in [1.807, 2.05) is 0 Å². The molecule has 0 aliphatic carbocycles. The number of ether oxygens (including phenoxy) is 1. The van der Waals surface area contributed by atoms with Crippen LogP contribution in [0.3, 0.4) is 0 Å². The first kappa shape index (κ1) is 12.9. The van der Waals surface area contributed by atoms with Crippen LogP contribution in [-0.4, -0.2) is 48.8 Å². The second kappa shape index (κ2) is 6.44. The molecular weight excluding hydrogens is 212 g/mol. The van der Waals surface area contributed by atoms with Gasteiger partial charge in [-0.1, -0.05) is 0 Å². The summed E-state index contributed by atoms with van der Waals surface area (Å²) in [5, 5.41) is 14.1. The Bertz CT molecular complexity index is 251. The molecule has 0 spiro atoms. The zero-order valence-electron chi connectivity index (χ0n) is 9.36. The highest BCUT2D eigenvalue weighted by molar-refractivity contribution is 5.83. The van der Waals surface area contributed by atoms with Crippen molar-refractivity contribution in [2.75, 3.05) is 19.7 Å². The molecule has 1 amide bonds. The molecule has 1 aliphatic rings. The summed E-state index contributed by atoms with van der Waals surface area (Å²) in [4.78, 5) is 21.8. The van der Waals surface area contributed by atoms with Crippen molar-refractivity contribution in [3.05, 3.63) is 0 Å². The van der Waals surface area contributed by atoms with Gasteiger partial charge in [-0.05, 0) is 32.9 Å². The number of carbonyl (C=O) groups excluding carboxylic acids is 1. The van der Waals surface area contributed by atoms with E-state index in [0.29, 0.717) is 0 Å². The Morgan fingerprint density at radius 2 is 2.12 bits per heavy atom. The molecule has 0 aromatic carbocycles. The van der Waals surface area contributed by atoms with Crippen molar-refractivity contribution in [1.29, 1.82) is 0 Å². The molecule has 1 rings (SSSR count). The second-order valence-corrected chi connectivity index (χ2v) is 3.89. The van der Waals surface area contributed by atoms with Gasteiger partial charge in [0.2, 0.25) is 5.91 Å². The Labute approximate surface area is 94.3 Å². The SMILES string of the molecule is C[C@H](NC(=O)COC1CCNCC1)C(=O)O. The van der Waals surface area contributed by atoms with Crippen LogP contribution in [0.2, 0.25) is 0 Å². The molecule has 6 heteroatoms. The Morgan fingerprint density at radius 1 is 1.50 bits per heavy atom. The number of rotatable bonds is 5. The van der Waals surface area contributed by atoms with Gasteiger partial charge in [0.25, 0.3) is 0 Å². The topological polar surface area (TPSA) is 87.7 Å². The summed E-state index contributed by atoms with van der Waals surface area (Å²) in [6.07, 6.45) is 1.89. The Kier molecular flexibility index (Phi) is 5.21. The van der Waals surface area contributed by atoms with Gasteiger partial charge in [-0.15, -0.1) is 0 Å². The predicted octanol–water partition coefficient (Wildman–Crippen LogP) is -0.656. The van der Waals surface area contributed by atoms with Gasteiger partial charge in [-0.2, -0.15) is 0 Å². The lowest BCUT2D eigenvalue weighted by molar-refractivity contribution is -0.142. The number of amides is 1. The maximum Gasteiger partial charge on any atom is 0.325 e. The summed E-state index contributed by atoms with van der Waals surface area (Å²) >= 11 is 0. The molecule has 0 bridgehead atoms. The van der Waals surface area contributed by atoms with Gasteiger partial charge in [-0.3, -0.25) is 9.59 Å². The van der Waals surface area contributed by atoms with Crippen LogP contribution in [0.15, 0.2) is 0 Å². The predicted molar refractivity (Wildman–Crippen MR) is 57.1 cm³/mol. The maximum atomic E-state index is 11.3. The first-order valence-electron chi connectivity index (χ1n) is 5.44. The van der Waals surface area contributed by atoms with E-state index in [-0.39, 0.29) is 18.6 Å². The van der Waals surface area contributed by atoms with Gasteiger partial charge in [0.15, 0.2) is 0 Å². The van der Waals surface area contributed by atoms with E-state index in [9.17, 15) is 9.59 Å². The summed E-state index contributed by atoms with van der Waals surface area (Å²) < 4.78 is 5.38.